The summed E-state index contributed by atoms with van der Waals surface area (Å²) in [5.41, 5.74) is 2.13. The number of fused-ring (bicyclic) bond motifs is 1. The van der Waals surface area contributed by atoms with Gasteiger partial charge in [-0.05, 0) is 30.7 Å². The van der Waals surface area contributed by atoms with Crippen LogP contribution in [0.3, 0.4) is 0 Å². The second kappa shape index (κ2) is 6.66. The first-order valence-electron chi connectivity index (χ1n) is 7.64. The maximum absolute atomic E-state index is 13.7. The van der Waals surface area contributed by atoms with E-state index < -0.39 is 11.8 Å². The second-order valence-electron chi connectivity index (χ2n) is 5.35. The van der Waals surface area contributed by atoms with Crippen LogP contribution in [-0.4, -0.2) is 18.5 Å². The van der Waals surface area contributed by atoms with E-state index in [1.807, 2.05) is 30.3 Å². The molecule has 0 unspecified atom stereocenters. The minimum Gasteiger partial charge on any atom is -0.463 e. The van der Waals surface area contributed by atoms with Gasteiger partial charge in [-0.15, -0.1) is 0 Å². The van der Waals surface area contributed by atoms with Crippen molar-refractivity contribution in [2.75, 3.05) is 11.5 Å². The van der Waals surface area contributed by atoms with Crippen LogP contribution in [0.25, 0.3) is 5.57 Å². The van der Waals surface area contributed by atoms with Crippen molar-refractivity contribution in [2.45, 2.75) is 13.5 Å². The monoisotopic (exact) mass is 325 g/mol. The number of hydrogen-bond acceptors (Lipinski definition) is 3. The van der Waals surface area contributed by atoms with E-state index in [1.165, 1.54) is 29.2 Å². The summed E-state index contributed by atoms with van der Waals surface area (Å²) >= 11 is 0. The van der Waals surface area contributed by atoms with Gasteiger partial charge in [0.15, 0.2) is 0 Å². The lowest BCUT2D eigenvalue weighted by Crippen LogP contribution is -2.26. The number of carbonyl (C=O) groups is 2. The molecule has 0 saturated heterocycles. The van der Waals surface area contributed by atoms with Crippen LogP contribution < -0.4 is 4.90 Å². The van der Waals surface area contributed by atoms with Gasteiger partial charge in [0.05, 0.1) is 24.4 Å². The third kappa shape index (κ3) is 3.06. The standard InChI is InChI=1S/C19H16FNO3/c1-2-24-18(22)11-16-15-9-8-14(20)10-17(15)21(19(16)23)12-13-6-4-3-5-7-13/h3-11H,2,12H2,1H3/b16-11+. The Kier molecular flexibility index (Phi) is 4.42. The number of ether oxygens (including phenoxy) is 1. The number of esters is 1. The van der Waals surface area contributed by atoms with Crippen molar-refractivity contribution >= 4 is 23.1 Å². The van der Waals surface area contributed by atoms with Crippen molar-refractivity contribution in [3.8, 4) is 0 Å². The first kappa shape index (κ1) is 15.9. The molecule has 24 heavy (non-hydrogen) atoms. The molecule has 0 fully saturated rings. The van der Waals surface area contributed by atoms with Crippen LogP contribution in [0.2, 0.25) is 0 Å². The molecule has 2 aromatic rings. The van der Waals surface area contributed by atoms with Crippen molar-refractivity contribution in [1.82, 2.24) is 0 Å². The van der Waals surface area contributed by atoms with Crippen LogP contribution in [0.1, 0.15) is 18.1 Å². The highest BCUT2D eigenvalue weighted by molar-refractivity contribution is 6.34. The minimum absolute atomic E-state index is 0.222. The summed E-state index contributed by atoms with van der Waals surface area (Å²) in [6.45, 7) is 2.22. The lowest BCUT2D eigenvalue weighted by molar-refractivity contribution is -0.137. The Bertz CT molecular complexity index is 815. The fourth-order valence-corrected chi connectivity index (χ4v) is 2.69. The summed E-state index contributed by atoms with van der Waals surface area (Å²) in [5.74, 6) is -1.36. The highest BCUT2D eigenvalue weighted by Crippen LogP contribution is 2.38. The maximum Gasteiger partial charge on any atom is 0.331 e. The second-order valence-corrected chi connectivity index (χ2v) is 5.35. The molecule has 0 saturated carbocycles. The van der Waals surface area contributed by atoms with E-state index in [2.05, 4.69) is 0 Å². The molecule has 5 heteroatoms. The predicted octanol–water partition coefficient (Wildman–Crippen LogP) is 3.32. The number of carbonyl (C=O) groups excluding carboxylic acids is 2. The molecule has 0 aliphatic carbocycles. The highest BCUT2D eigenvalue weighted by atomic mass is 19.1. The van der Waals surface area contributed by atoms with Gasteiger partial charge in [0.25, 0.3) is 5.91 Å². The molecule has 0 aromatic heterocycles. The van der Waals surface area contributed by atoms with Crippen molar-refractivity contribution in [2.24, 2.45) is 0 Å². The molecule has 122 valence electrons. The van der Waals surface area contributed by atoms with E-state index in [-0.39, 0.29) is 18.1 Å². The molecular formula is C19H16FNO3. The van der Waals surface area contributed by atoms with Gasteiger partial charge in [-0.3, -0.25) is 4.79 Å². The lowest BCUT2D eigenvalue weighted by Gasteiger charge is -2.17. The van der Waals surface area contributed by atoms with Crippen LogP contribution in [0.5, 0.6) is 0 Å². The van der Waals surface area contributed by atoms with Gasteiger partial charge in [-0.25, -0.2) is 9.18 Å². The highest BCUT2D eigenvalue weighted by Gasteiger charge is 2.33. The Labute approximate surface area is 139 Å². The fourth-order valence-electron chi connectivity index (χ4n) is 2.69. The molecule has 1 aliphatic rings. The molecule has 0 bridgehead atoms. The zero-order chi connectivity index (χ0) is 17.1. The molecule has 0 radical (unpaired) electrons. The minimum atomic E-state index is -0.585. The number of benzene rings is 2. The topological polar surface area (TPSA) is 46.6 Å². The average molecular weight is 325 g/mol. The molecule has 1 amide bonds. The SMILES string of the molecule is CCOC(=O)/C=C1/C(=O)N(Cc2ccccc2)c2cc(F)ccc21. The maximum atomic E-state index is 13.7. The number of hydrogen-bond donors (Lipinski definition) is 0. The van der Waals surface area contributed by atoms with Gasteiger partial charge in [0.2, 0.25) is 0 Å². The lowest BCUT2D eigenvalue weighted by atomic mass is 10.1. The van der Waals surface area contributed by atoms with Gasteiger partial charge >= 0.3 is 5.97 Å². The van der Waals surface area contributed by atoms with Crippen molar-refractivity contribution in [3.63, 3.8) is 0 Å². The van der Waals surface area contributed by atoms with E-state index in [0.29, 0.717) is 17.8 Å². The van der Waals surface area contributed by atoms with E-state index in [9.17, 15) is 14.0 Å². The van der Waals surface area contributed by atoms with E-state index in [1.54, 1.807) is 6.92 Å². The van der Waals surface area contributed by atoms with Crippen molar-refractivity contribution in [3.05, 3.63) is 71.6 Å². The predicted molar refractivity (Wildman–Crippen MR) is 88.6 cm³/mol. The zero-order valence-electron chi connectivity index (χ0n) is 13.2. The number of anilines is 1. The molecule has 4 nitrogen and oxygen atoms in total. The normalized spacial score (nSPS) is 14.8. The molecular weight excluding hydrogens is 309 g/mol. The molecule has 3 rings (SSSR count). The number of nitrogens with zero attached hydrogens (tertiary/aromatic N) is 1. The molecule has 1 heterocycles. The Morgan fingerprint density at radius 2 is 1.96 bits per heavy atom. The van der Waals surface area contributed by atoms with Crippen LogP contribution in [0.4, 0.5) is 10.1 Å². The van der Waals surface area contributed by atoms with Crippen molar-refractivity contribution < 1.29 is 18.7 Å². The van der Waals surface area contributed by atoms with Crippen molar-refractivity contribution in [1.29, 1.82) is 0 Å². The van der Waals surface area contributed by atoms with Crippen LogP contribution in [0.15, 0.2) is 54.6 Å². The van der Waals surface area contributed by atoms with Gasteiger partial charge < -0.3 is 9.64 Å². The van der Waals surface area contributed by atoms with Crippen LogP contribution in [0, 0.1) is 5.82 Å². The van der Waals surface area contributed by atoms with Crippen LogP contribution >= 0.6 is 0 Å². The molecule has 0 atom stereocenters. The van der Waals surface area contributed by atoms with Gasteiger partial charge in [0.1, 0.15) is 5.82 Å². The summed E-state index contributed by atoms with van der Waals surface area (Å²) < 4.78 is 18.5. The van der Waals surface area contributed by atoms with Gasteiger partial charge in [-0.1, -0.05) is 30.3 Å². The van der Waals surface area contributed by atoms with E-state index in [4.69, 9.17) is 4.74 Å². The summed E-state index contributed by atoms with van der Waals surface area (Å²) in [4.78, 5) is 26.0. The number of halogens is 1. The zero-order valence-corrected chi connectivity index (χ0v) is 13.2. The smallest absolute Gasteiger partial charge is 0.331 e. The first-order valence-corrected chi connectivity index (χ1v) is 7.64. The largest absolute Gasteiger partial charge is 0.463 e. The van der Waals surface area contributed by atoms with Gasteiger partial charge in [0, 0.05) is 11.6 Å². The Morgan fingerprint density at radius 3 is 2.67 bits per heavy atom. The number of rotatable bonds is 4. The Balaban J connectivity index is 2.01. The van der Waals surface area contributed by atoms with E-state index >= 15 is 0 Å². The Hall–Kier alpha value is -2.95. The summed E-state index contributed by atoms with van der Waals surface area (Å²) in [6, 6.07) is 13.5. The summed E-state index contributed by atoms with van der Waals surface area (Å²) in [5, 5.41) is 0. The third-order valence-electron chi connectivity index (χ3n) is 3.75. The average Bonchev–Trinajstić information content (AvgIpc) is 2.81. The molecule has 0 N–H and O–H groups in total. The Morgan fingerprint density at radius 1 is 1.21 bits per heavy atom. The first-order chi connectivity index (χ1) is 11.6. The fraction of sp³-hybridized carbons (Fsp3) is 0.158. The molecule has 1 aliphatic heterocycles. The number of amides is 1. The molecule has 0 spiro atoms. The quantitative estimate of drug-likeness (QED) is 0.640. The molecule has 2 aromatic carbocycles. The van der Waals surface area contributed by atoms with Crippen LogP contribution in [-0.2, 0) is 20.9 Å². The summed E-state index contributed by atoms with van der Waals surface area (Å²) in [6.07, 6.45) is 1.17. The van der Waals surface area contributed by atoms with E-state index in [0.717, 1.165) is 5.56 Å². The van der Waals surface area contributed by atoms with Gasteiger partial charge in [-0.2, -0.15) is 0 Å². The summed E-state index contributed by atoms with van der Waals surface area (Å²) in [7, 11) is 0. The third-order valence-corrected chi connectivity index (χ3v) is 3.75.